The molecule has 1 aromatic carbocycles. The first-order valence-corrected chi connectivity index (χ1v) is 9.78. The number of hydrogen-bond acceptors (Lipinski definition) is 2. The fourth-order valence-electron chi connectivity index (χ4n) is 5.30. The van der Waals surface area contributed by atoms with Crippen LogP contribution in [0.4, 0.5) is 0 Å². The standard InChI is InChI=1S/C22H24N2O2/c25-20-11-10-15-18(23-20)8-3-9-19(15)24-21(26)17-13-22(17)12-4-6-14-5-1-2-7-16(14)22/h1-2,5,7,10-11,17,19H,3-4,6,8-9,12-13H2,(H,23,25)(H,24,26). The predicted octanol–water partition coefficient (Wildman–Crippen LogP) is 3.16. The van der Waals surface area contributed by atoms with Crippen LogP contribution in [-0.2, 0) is 23.1 Å². The number of pyridine rings is 1. The molecule has 1 amide bonds. The molecule has 26 heavy (non-hydrogen) atoms. The Morgan fingerprint density at radius 3 is 2.92 bits per heavy atom. The highest BCUT2D eigenvalue weighted by atomic mass is 16.2. The quantitative estimate of drug-likeness (QED) is 0.876. The lowest BCUT2D eigenvalue weighted by molar-refractivity contribution is -0.123. The Morgan fingerprint density at radius 2 is 2.00 bits per heavy atom. The van der Waals surface area contributed by atoms with Crippen LogP contribution in [-0.4, -0.2) is 10.9 Å². The van der Waals surface area contributed by atoms with E-state index in [1.807, 2.05) is 6.07 Å². The monoisotopic (exact) mass is 348 g/mol. The molecule has 4 nitrogen and oxygen atoms in total. The van der Waals surface area contributed by atoms with Crippen LogP contribution in [0, 0.1) is 5.92 Å². The molecular weight excluding hydrogens is 324 g/mol. The third-order valence-electron chi connectivity index (χ3n) is 6.66. The third-order valence-corrected chi connectivity index (χ3v) is 6.66. The average Bonchev–Trinajstić information content (AvgIpc) is 3.37. The predicted molar refractivity (Wildman–Crippen MR) is 100 cm³/mol. The lowest BCUT2D eigenvalue weighted by Gasteiger charge is -2.28. The molecule has 1 spiro atoms. The van der Waals surface area contributed by atoms with E-state index in [0.29, 0.717) is 0 Å². The van der Waals surface area contributed by atoms with E-state index in [0.717, 1.165) is 49.8 Å². The number of amides is 1. The van der Waals surface area contributed by atoms with Gasteiger partial charge in [-0.2, -0.15) is 0 Å². The largest absolute Gasteiger partial charge is 0.349 e. The van der Waals surface area contributed by atoms with Crippen molar-refractivity contribution in [2.24, 2.45) is 5.92 Å². The highest BCUT2D eigenvalue weighted by molar-refractivity contribution is 5.85. The minimum atomic E-state index is -0.0596. The van der Waals surface area contributed by atoms with Crippen molar-refractivity contribution in [3.05, 3.63) is 69.1 Å². The highest BCUT2D eigenvalue weighted by Gasteiger charge is 2.60. The van der Waals surface area contributed by atoms with Gasteiger partial charge in [0.1, 0.15) is 0 Å². The topological polar surface area (TPSA) is 62.0 Å². The van der Waals surface area contributed by atoms with Crippen molar-refractivity contribution in [3.8, 4) is 0 Å². The van der Waals surface area contributed by atoms with Crippen LogP contribution >= 0.6 is 0 Å². The van der Waals surface area contributed by atoms with Gasteiger partial charge in [0.25, 0.3) is 0 Å². The van der Waals surface area contributed by atoms with Crippen LogP contribution in [0.1, 0.15) is 60.5 Å². The van der Waals surface area contributed by atoms with Gasteiger partial charge in [0.05, 0.1) is 6.04 Å². The minimum absolute atomic E-state index is 0.0274. The van der Waals surface area contributed by atoms with Gasteiger partial charge in [0.2, 0.25) is 11.5 Å². The van der Waals surface area contributed by atoms with E-state index in [4.69, 9.17) is 0 Å². The van der Waals surface area contributed by atoms with Gasteiger partial charge in [-0.25, -0.2) is 0 Å². The summed E-state index contributed by atoms with van der Waals surface area (Å²) in [6.45, 7) is 0. The molecule has 3 aliphatic carbocycles. The molecular formula is C22H24N2O2. The molecule has 1 aromatic heterocycles. The number of aryl methyl sites for hydroxylation is 2. The van der Waals surface area contributed by atoms with E-state index in [2.05, 4.69) is 34.6 Å². The molecule has 1 heterocycles. The number of benzene rings is 1. The molecule has 0 saturated heterocycles. The van der Waals surface area contributed by atoms with Gasteiger partial charge >= 0.3 is 0 Å². The fourth-order valence-corrected chi connectivity index (χ4v) is 5.30. The molecule has 0 radical (unpaired) electrons. The Balaban J connectivity index is 1.37. The number of aromatic nitrogens is 1. The molecule has 3 unspecified atom stereocenters. The zero-order chi connectivity index (χ0) is 17.7. The van der Waals surface area contributed by atoms with Crippen molar-refractivity contribution >= 4 is 5.91 Å². The zero-order valence-electron chi connectivity index (χ0n) is 14.9. The maximum Gasteiger partial charge on any atom is 0.248 e. The van der Waals surface area contributed by atoms with Gasteiger partial charge in [-0.15, -0.1) is 0 Å². The van der Waals surface area contributed by atoms with Crippen molar-refractivity contribution in [1.82, 2.24) is 10.3 Å². The number of fused-ring (bicyclic) bond motifs is 3. The highest BCUT2D eigenvalue weighted by Crippen LogP contribution is 2.60. The Morgan fingerprint density at radius 1 is 1.12 bits per heavy atom. The normalized spacial score (nSPS) is 28.9. The average molecular weight is 348 g/mol. The molecule has 5 rings (SSSR count). The molecule has 2 aromatic rings. The number of carbonyl (C=O) groups excluding carboxylic acids is 1. The van der Waals surface area contributed by atoms with Crippen molar-refractivity contribution in [3.63, 3.8) is 0 Å². The van der Waals surface area contributed by atoms with Crippen LogP contribution in [0.15, 0.2) is 41.2 Å². The van der Waals surface area contributed by atoms with Crippen LogP contribution in [0.2, 0.25) is 0 Å². The second kappa shape index (κ2) is 5.83. The van der Waals surface area contributed by atoms with Crippen molar-refractivity contribution in [2.45, 2.75) is 56.4 Å². The second-order valence-electron chi connectivity index (χ2n) is 8.13. The second-order valence-corrected chi connectivity index (χ2v) is 8.13. The third kappa shape index (κ3) is 2.43. The molecule has 1 saturated carbocycles. The number of hydrogen-bond donors (Lipinski definition) is 2. The Labute approximate surface area is 153 Å². The fraction of sp³-hybridized carbons (Fsp3) is 0.455. The summed E-state index contributed by atoms with van der Waals surface area (Å²) >= 11 is 0. The van der Waals surface area contributed by atoms with Crippen LogP contribution < -0.4 is 10.9 Å². The van der Waals surface area contributed by atoms with Gasteiger partial charge in [0, 0.05) is 23.1 Å². The summed E-state index contributed by atoms with van der Waals surface area (Å²) in [7, 11) is 0. The van der Waals surface area contributed by atoms with Crippen LogP contribution in [0.3, 0.4) is 0 Å². The maximum atomic E-state index is 13.1. The summed E-state index contributed by atoms with van der Waals surface area (Å²) in [5.74, 6) is 0.280. The van der Waals surface area contributed by atoms with E-state index in [1.165, 1.54) is 17.5 Å². The summed E-state index contributed by atoms with van der Waals surface area (Å²) in [5, 5.41) is 3.30. The molecule has 134 valence electrons. The molecule has 3 atom stereocenters. The number of aromatic amines is 1. The minimum Gasteiger partial charge on any atom is -0.349 e. The molecule has 4 heteroatoms. The molecule has 2 N–H and O–H groups in total. The van der Waals surface area contributed by atoms with Crippen molar-refractivity contribution in [1.29, 1.82) is 0 Å². The first-order chi connectivity index (χ1) is 12.7. The van der Waals surface area contributed by atoms with E-state index in [1.54, 1.807) is 6.07 Å². The summed E-state index contributed by atoms with van der Waals surface area (Å²) in [4.78, 5) is 27.6. The van der Waals surface area contributed by atoms with Crippen LogP contribution in [0.25, 0.3) is 0 Å². The van der Waals surface area contributed by atoms with E-state index >= 15 is 0 Å². The maximum absolute atomic E-state index is 13.1. The van der Waals surface area contributed by atoms with Gasteiger partial charge in [-0.05, 0) is 67.7 Å². The number of rotatable bonds is 2. The SMILES string of the molecule is O=C(NC1CCCc2[nH]c(=O)ccc21)C1CC12CCCc1ccccc12. The van der Waals surface area contributed by atoms with Crippen molar-refractivity contribution < 1.29 is 4.79 Å². The van der Waals surface area contributed by atoms with Gasteiger partial charge in [0.15, 0.2) is 0 Å². The first-order valence-electron chi connectivity index (χ1n) is 9.78. The Kier molecular flexibility index (Phi) is 3.56. The van der Waals surface area contributed by atoms with E-state index in [-0.39, 0.29) is 28.8 Å². The van der Waals surface area contributed by atoms with Gasteiger partial charge < -0.3 is 10.3 Å². The lowest BCUT2D eigenvalue weighted by atomic mass is 9.78. The molecule has 1 fully saturated rings. The molecule has 0 aliphatic heterocycles. The molecule has 0 bridgehead atoms. The smallest absolute Gasteiger partial charge is 0.248 e. The van der Waals surface area contributed by atoms with E-state index < -0.39 is 0 Å². The van der Waals surface area contributed by atoms with Gasteiger partial charge in [-0.3, -0.25) is 9.59 Å². The Hall–Kier alpha value is -2.36. The number of carbonyl (C=O) groups is 1. The summed E-state index contributed by atoms with van der Waals surface area (Å²) in [5.41, 5.74) is 4.91. The number of H-pyrrole nitrogens is 1. The van der Waals surface area contributed by atoms with Gasteiger partial charge in [-0.1, -0.05) is 24.3 Å². The zero-order valence-corrected chi connectivity index (χ0v) is 14.9. The lowest BCUT2D eigenvalue weighted by Crippen LogP contribution is -2.35. The Bertz CT molecular complexity index is 932. The van der Waals surface area contributed by atoms with Crippen molar-refractivity contribution in [2.75, 3.05) is 0 Å². The molecule has 3 aliphatic rings. The summed E-state index contributed by atoms with van der Waals surface area (Å²) in [6.07, 6.45) is 7.23. The van der Waals surface area contributed by atoms with E-state index in [9.17, 15) is 9.59 Å². The number of nitrogens with one attached hydrogen (secondary N) is 2. The first kappa shape index (κ1) is 15.9. The summed E-state index contributed by atoms with van der Waals surface area (Å²) < 4.78 is 0. The summed E-state index contributed by atoms with van der Waals surface area (Å²) in [6, 6.07) is 12.1. The van der Waals surface area contributed by atoms with Crippen LogP contribution in [0.5, 0.6) is 0 Å².